The van der Waals surface area contributed by atoms with Crippen LogP contribution in [-0.4, -0.2) is 55.4 Å². The summed E-state index contributed by atoms with van der Waals surface area (Å²) >= 11 is 0. The number of carbonyl (C=O) groups is 1. The second-order valence-corrected chi connectivity index (χ2v) is 7.90. The Morgan fingerprint density at radius 1 is 1.08 bits per heavy atom. The van der Waals surface area contributed by atoms with E-state index in [0.29, 0.717) is 32.7 Å². The highest BCUT2D eigenvalue weighted by molar-refractivity contribution is 6.52. The number of hydrogen-bond donors (Lipinski definition) is 0. The van der Waals surface area contributed by atoms with E-state index >= 15 is 0 Å². The van der Waals surface area contributed by atoms with Gasteiger partial charge in [-0.3, -0.25) is 4.79 Å². The summed E-state index contributed by atoms with van der Waals surface area (Å²) in [6.07, 6.45) is 2.43. The number of carbonyl (C=O) groups excluding carboxylic acids is 1. The van der Waals surface area contributed by atoms with Crippen LogP contribution < -0.4 is 0 Å². The second-order valence-electron chi connectivity index (χ2n) is 7.90. The molecule has 1 aromatic rings. The molecule has 26 heavy (non-hydrogen) atoms. The molecular weight excluding hydrogens is 329 g/mol. The maximum absolute atomic E-state index is 12.3. The molecule has 2 aliphatic rings. The first-order valence-corrected chi connectivity index (χ1v) is 9.25. The van der Waals surface area contributed by atoms with Crippen molar-refractivity contribution in [2.24, 2.45) is 0 Å². The normalized spacial score (nSPS) is 22.2. The molecule has 0 aliphatic carbocycles. The maximum atomic E-state index is 12.3. The van der Waals surface area contributed by atoms with Gasteiger partial charge in [0.25, 0.3) is 0 Å². The quantitative estimate of drug-likeness (QED) is 0.778. The van der Waals surface area contributed by atoms with Crippen molar-refractivity contribution in [1.82, 2.24) is 4.90 Å². The Hall–Kier alpha value is -1.63. The summed E-state index contributed by atoms with van der Waals surface area (Å²) in [5.41, 5.74) is 1.42. The van der Waals surface area contributed by atoms with Gasteiger partial charge in [-0.25, -0.2) is 0 Å². The van der Waals surface area contributed by atoms with E-state index in [4.69, 9.17) is 14.0 Å². The molecule has 0 aromatic heterocycles. The number of nitrogens with zero attached hydrogens (tertiary/aromatic N) is 1. The average Bonchev–Trinajstić information content (AvgIpc) is 2.82. The fourth-order valence-electron chi connectivity index (χ4n) is 3.00. The van der Waals surface area contributed by atoms with Gasteiger partial charge in [0.1, 0.15) is 0 Å². The number of morpholine rings is 1. The lowest BCUT2D eigenvalue weighted by molar-refractivity contribution is -0.134. The largest absolute Gasteiger partial charge is 0.487 e. The summed E-state index contributed by atoms with van der Waals surface area (Å²) in [5, 5.41) is 0. The van der Waals surface area contributed by atoms with Crippen molar-refractivity contribution in [2.45, 2.75) is 45.3 Å². The Balaban J connectivity index is 1.55. The van der Waals surface area contributed by atoms with Crippen LogP contribution in [-0.2, 0) is 25.3 Å². The summed E-state index contributed by atoms with van der Waals surface area (Å²) in [4.78, 5) is 14.2. The zero-order valence-corrected chi connectivity index (χ0v) is 16.2. The van der Waals surface area contributed by atoms with Crippen LogP contribution in [0.1, 0.15) is 38.8 Å². The Labute approximate surface area is 156 Å². The minimum atomic E-state index is -0.345. The number of rotatable bonds is 4. The SMILES string of the molecule is CC1(C)OB(/C=C/c2ccc(CC(=O)N3CCOCC3)cc2)OC1(C)C. The molecule has 0 bridgehead atoms. The number of ether oxygens (including phenoxy) is 1. The van der Waals surface area contributed by atoms with Crippen molar-refractivity contribution < 1.29 is 18.8 Å². The van der Waals surface area contributed by atoms with Gasteiger partial charge >= 0.3 is 7.12 Å². The Kier molecular flexibility index (Phi) is 5.56. The predicted octanol–water partition coefficient (Wildman–Crippen LogP) is 2.73. The molecule has 1 aromatic carbocycles. The third-order valence-corrected chi connectivity index (χ3v) is 5.42. The number of amides is 1. The van der Waals surface area contributed by atoms with Crippen LogP contribution in [0.3, 0.4) is 0 Å². The molecule has 5 nitrogen and oxygen atoms in total. The fourth-order valence-corrected chi connectivity index (χ4v) is 3.00. The minimum Gasteiger partial charge on any atom is -0.400 e. The zero-order chi connectivity index (χ0) is 18.8. The van der Waals surface area contributed by atoms with E-state index in [1.807, 2.05) is 68.9 Å². The predicted molar refractivity (Wildman–Crippen MR) is 103 cm³/mol. The molecule has 2 aliphatic heterocycles. The van der Waals surface area contributed by atoms with Crippen LogP contribution in [0.2, 0.25) is 0 Å². The van der Waals surface area contributed by atoms with Gasteiger partial charge < -0.3 is 18.9 Å². The summed E-state index contributed by atoms with van der Waals surface area (Å²) in [7, 11) is -0.345. The molecule has 0 unspecified atom stereocenters. The maximum Gasteiger partial charge on any atom is 0.487 e. The molecule has 0 saturated carbocycles. The van der Waals surface area contributed by atoms with Crippen molar-refractivity contribution in [2.75, 3.05) is 26.3 Å². The van der Waals surface area contributed by atoms with Gasteiger partial charge in [0, 0.05) is 13.1 Å². The molecular formula is C20H28BNO4. The van der Waals surface area contributed by atoms with Crippen LogP contribution >= 0.6 is 0 Å². The monoisotopic (exact) mass is 357 g/mol. The van der Waals surface area contributed by atoms with Crippen LogP contribution in [0.25, 0.3) is 6.08 Å². The summed E-state index contributed by atoms with van der Waals surface area (Å²) < 4.78 is 17.2. The number of benzene rings is 1. The van der Waals surface area contributed by atoms with E-state index in [0.717, 1.165) is 11.1 Å². The highest BCUT2D eigenvalue weighted by atomic mass is 16.7. The lowest BCUT2D eigenvalue weighted by Crippen LogP contribution is -2.41. The van der Waals surface area contributed by atoms with E-state index < -0.39 is 0 Å². The minimum absolute atomic E-state index is 0.161. The summed E-state index contributed by atoms with van der Waals surface area (Å²) in [6, 6.07) is 8.04. The van der Waals surface area contributed by atoms with Gasteiger partial charge in [-0.2, -0.15) is 0 Å². The van der Waals surface area contributed by atoms with Crippen molar-refractivity contribution in [3.05, 3.63) is 41.4 Å². The molecule has 0 spiro atoms. The molecule has 6 heteroatoms. The molecule has 140 valence electrons. The molecule has 0 atom stereocenters. The van der Waals surface area contributed by atoms with Crippen molar-refractivity contribution >= 4 is 19.1 Å². The smallest absolute Gasteiger partial charge is 0.400 e. The first-order valence-electron chi connectivity index (χ1n) is 9.25. The van der Waals surface area contributed by atoms with Crippen molar-refractivity contribution in [3.8, 4) is 0 Å². The molecule has 1 amide bonds. The first kappa shape index (κ1) is 19.1. The van der Waals surface area contributed by atoms with Crippen molar-refractivity contribution in [1.29, 1.82) is 0 Å². The standard InChI is InChI=1S/C20H28BNO4/c1-19(2)20(3,4)26-21(25-19)10-9-16-5-7-17(8-6-16)15-18(23)22-11-13-24-14-12-22/h5-10H,11-15H2,1-4H3/b10-9+. The van der Waals surface area contributed by atoms with Gasteiger partial charge in [0.2, 0.25) is 5.91 Å². The lowest BCUT2D eigenvalue weighted by Gasteiger charge is -2.32. The van der Waals surface area contributed by atoms with E-state index in [1.165, 1.54) is 0 Å². The van der Waals surface area contributed by atoms with Gasteiger partial charge in [0.15, 0.2) is 0 Å². The third kappa shape index (κ3) is 4.37. The molecule has 3 rings (SSSR count). The van der Waals surface area contributed by atoms with E-state index in [9.17, 15) is 4.79 Å². The van der Waals surface area contributed by atoms with Crippen LogP contribution in [0, 0.1) is 0 Å². The Morgan fingerprint density at radius 3 is 2.23 bits per heavy atom. The molecule has 2 heterocycles. The van der Waals surface area contributed by atoms with Crippen LogP contribution in [0.15, 0.2) is 30.2 Å². The molecule has 2 fully saturated rings. The third-order valence-electron chi connectivity index (χ3n) is 5.42. The topological polar surface area (TPSA) is 48.0 Å². The second kappa shape index (κ2) is 7.55. The van der Waals surface area contributed by atoms with Gasteiger partial charge in [0.05, 0.1) is 30.8 Å². The first-order chi connectivity index (χ1) is 12.3. The van der Waals surface area contributed by atoms with Crippen molar-refractivity contribution in [3.63, 3.8) is 0 Å². The van der Waals surface area contributed by atoms with Gasteiger partial charge in [-0.1, -0.05) is 36.3 Å². The average molecular weight is 357 g/mol. The highest BCUT2D eigenvalue weighted by Gasteiger charge is 2.49. The number of hydrogen-bond acceptors (Lipinski definition) is 4. The van der Waals surface area contributed by atoms with Crippen LogP contribution in [0.5, 0.6) is 0 Å². The van der Waals surface area contributed by atoms with E-state index in [-0.39, 0.29) is 24.2 Å². The molecule has 0 radical (unpaired) electrons. The van der Waals surface area contributed by atoms with Gasteiger partial charge in [-0.05, 0) is 38.8 Å². The molecule has 2 saturated heterocycles. The fraction of sp³-hybridized carbons (Fsp3) is 0.550. The molecule has 0 N–H and O–H groups in total. The van der Waals surface area contributed by atoms with E-state index in [2.05, 4.69) is 0 Å². The summed E-state index contributed by atoms with van der Waals surface area (Å²) in [6.45, 7) is 10.8. The summed E-state index contributed by atoms with van der Waals surface area (Å²) in [5.74, 6) is 2.10. The Morgan fingerprint density at radius 2 is 1.65 bits per heavy atom. The Bertz CT molecular complexity index is 647. The lowest BCUT2D eigenvalue weighted by atomic mass is 9.89. The highest BCUT2D eigenvalue weighted by Crippen LogP contribution is 2.37. The van der Waals surface area contributed by atoms with Crippen LogP contribution in [0.4, 0.5) is 0 Å². The van der Waals surface area contributed by atoms with Gasteiger partial charge in [-0.15, -0.1) is 0 Å². The van der Waals surface area contributed by atoms with E-state index in [1.54, 1.807) is 0 Å². The zero-order valence-electron chi connectivity index (χ0n) is 16.2.